The number of nitrogens with one attached hydrogen (secondary N) is 2. The van der Waals surface area contributed by atoms with Gasteiger partial charge in [0.25, 0.3) is 0 Å². The number of rotatable bonds is 4. The summed E-state index contributed by atoms with van der Waals surface area (Å²) in [6.07, 6.45) is 1.53. The summed E-state index contributed by atoms with van der Waals surface area (Å²) < 4.78 is 5.59. The quantitative estimate of drug-likeness (QED) is 0.711. The van der Waals surface area contributed by atoms with E-state index in [4.69, 9.17) is 9.68 Å². The van der Waals surface area contributed by atoms with Gasteiger partial charge in [0, 0.05) is 17.5 Å². The van der Waals surface area contributed by atoms with E-state index < -0.39 is 0 Å². The van der Waals surface area contributed by atoms with Gasteiger partial charge in [-0.05, 0) is 43.3 Å². The number of hydrogen-bond acceptors (Lipinski definition) is 7. The minimum absolute atomic E-state index is 0.238. The Morgan fingerprint density at radius 2 is 2.09 bits per heavy atom. The van der Waals surface area contributed by atoms with Gasteiger partial charge in [-0.2, -0.15) is 10.5 Å². The van der Waals surface area contributed by atoms with E-state index in [-0.39, 0.29) is 11.4 Å². The lowest BCUT2D eigenvalue weighted by atomic mass is 10.2. The molecule has 2 N–H and O–H groups in total. The molecule has 0 saturated heterocycles. The third-order valence-electron chi connectivity index (χ3n) is 3.25. The van der Waals surface area contributed by atoms with Gasteiger partial charge in [-0.3, -0.25) is 0 Å². The van der Waals surface area contributed by atoms with Crippen molar-refractivity contribution in [2.45, 2.75) is 13.8 Å². The van der Waals surface area contributed by atoms with Crippen molar-refractivity contribution in [3.63, 3.8) is 0 Å². The molecule has 2 heterocycles. The fraction of sp³-hybridized carbons (Fsp3) is 0.133. The minimum Gasteiger partial charge on any atom is -0.441 e. The fourth-order valence-corrected chi connectivity index (χ4v) is 1.88. The van der Waals surface area contributed by atoms with Crippen LogP contribution in [-0.4, -0.2) is 25.6 Å². The van der Waals surface area contributed by atoms with Crippen molar-refractivity contribution in [3.8, 4) is 17.5 Å². The van der Waals surface area contributed by atoms with Crippen LogP contribution in [0, 0.1) is 25.2 Å². The van der Waals surface area contributed by atoms with E-state index in [1.165, 1.54) is 6.20 Å². The van der Waals surface area contributed by atoms with Crippen LogP contribution in [0.5, 0.6) is 0 Å². The topological polar surface area (TPSA) is 116 Å². The highest BCUT2D eigenvalue weighted by Crippen LogP contribution is 2.23. The number of aromatic nitrogens is 5. The molecule has 114 valence electrons. The third kappa shape index (κ3) is 3.08. The Morgan fingerprint density at radius 3 is 2.65 bits per heavy atom. The molecule has 0 aliphatic carbocycles. The predicted molar refractivity (Wildman–Crippen MR) is 82.8 cm³/mol. The second-order valence-corrected chi connectivity index (χ2v) is 4.79. The van der Waals surface area contributed by atoms with Crippen LogP contribution >= 0.6 is 0 Å². The Kier molecular flexibility index (Phi) is 3.84. The summed E-state index contributed by atoms with van der Waals surface area (Å²) in [6, 6.07) is 9.52. The van der Waals surface area contributed by atoms with E-state index in [0.29, 0.717) is 5.89 Å². The van der Waals surface area contributed by atoms with Gasteiger partial charge < -0.3 is 9.73 Å². The minimum atomic E-state index is 0.238. The summed E-state index contributed by atoms with van der Waals surface area (Å²) >= 11 is 0. The lowest BCUT2D eigenvalue weighted by Crippen LogP contribution is -1.93. The molecule has 0 bridgehead atoms. The number of nitriles is 1. The summed E-state index contributed by atoms with van der Waals surface area (Å²) in [5.74, 6) is 1.64. The van der Waals surface area contributed by atoms with Crippen molar-refractivity contribution in [2.24, 2.45) is 0 Å². The normalized spacial score (nSPS) is 11.3. The molecule has 0 atom stereocenters. The van der Waals surface area contributed by atoms with Crippen LogP contribution in [0.1, 0.15) is 17.3 Å². The van der Waals surface area contributed by atoms with Gasteiger partial charge in [0.1, 0.15) is 17.4 Å². The smallest absolute Gasteiger partial charge is 0.226 e. The number of anilines is 1. The molecule has 3 rings (SSSR count). The van der Waals surface area contributed by atoms with Gasteiger partial charge in [-0.25, -0.2) is 4.98 Å². The first-order valence-corrected chi connectivity index (χ1v) is 6.82. The van der Waals surface area contributed by atoms with E-state index in [9.17, 15) is 0 Å². The van der Waals surface area contributed by atoms with Crippen molar-refractivity contribution in [1.29, 1.82) is 5.26 Å². The highest BCUT2D eigenvalue weighted by atomic mass is 16.4. The number of allylic oxidation sites excluding steroid dienone is 1. The lowest BCUT2D eigenvalue weighted by molar-refractivity contribution is 0.541. The first-order chi connectivity index (χ1) is 11.2. The van der Waals surface area contributed by atoms with E-state index in [2.05, 4.69) is 30.9 Å². The van der Waals surface area contributed by atoms with Gasteiger partial charge in [-0.1, -0.05) is 0 Å². The van der Waals surface area contributed by atoms with Crippen LogP contribution in [0.25, 0.3) is 17.0 Å². The molecular weight excluding hydrogens is 294 g/mol. The lowest BCUT2D eigenvalue weighted by Gasteiger charge is -2.02. The van der Waals surface area contributed by atoms with Crippen molar-refractivity contribution in [2.75, 3.05) is 5.32 Å². The number of hydrogen-bond donors (Lipinski definition) is 2. The molecule has 1 aromatic carbocycles. The van der Waals surface area contributed by atoms with Crippen molar-refractivity contribution < 1.29 is 4.42 Å². The van der Waals surface area contributed by atoms with Crippen LogP contribution in [0.4, 0.5) is 5.69 Å². The zero-order valence-corrected chi connectivity index (χ0v) is 12.5. The number of tetrazole rings is 1. The Morgan fingerprint density at radius 1 is 1.30 bits per heavy atom. The number of benzene rings is 1. The molecule has 8 nitrogen and oxygen atoms in total. The van der Waals surface area contributed by atoms with E-state index in [0.717, 1.165) is 22.7 Å². The first kappa shape index (κ1) is 14.5. The highest BCUT2D eigenvalue weighted by molar-refractivity contribution is 5.74. The van der Waals surface area contributed by atoms with Crippen LogP contribution in [-0.2, 0) is 0 Å². The molecule has 3 aromatic rings. The number of nitrogens with zero attached hydrogens (tertiary/aromatic N) is 5. The maximum atomic E-state index is 9.10. The Hall–Kier alpha value is -3.47. The zero-order chi connectivity index (χ0) is 16.2. The van der Waals surface area contributed by atoms with Crippen LogP contribution in [0.2, 0.25) is 0 Å². The highest BCUT2D eigenvalue weighted by Gasteiger charge is 2.08. The van der Waals surface area contributed by atoms with Crippen molar-refractivity contribution in [3.05, 3.63) is 47.7 Å². The standard InChI is InChI=1S/C15H13N7O/c1-9-10(2)23-15(18-9)11-3-5-13(6-4-11)17-8-12(7-16)14-19-21-22-20-14/h3-6,8,17H,1-2H3,(H,19,20,21,22). The van der Waals surface area contributed by atoms with Crippen LogP contribution in [0.3, 0.4) is 0 Å². The maximum absolute atomic E-state index is 9.10. The Bertz CT molecular complexity index is 850. The van der Waals surface area contributed by atoms with E-state index >= 15 is 0 Å². The maximum Gasteiger partial charge on any atom is 0.226 e. The molecule has 0 amide bonds. The average Bonchev–Trinajstić information content (AvgIpc) is 3.20. The van der Waals surface area contributed by atoms with Gasteiger partial charge >= 0.3 is 0 Å². The van der Waals surface area contributed by atoms with E-state index in [1.54, 1.807) is 0 Å². The first-order valence-electron chi connectivity index (χ1n) is 6.82. The zero-order valence-electron chi connectivity index (χ0n) is 12.5. The number of aromatic amines is 1. The molecule has 0 aliphatic heterocycles. The molecule has 0 spiro atoms. The average molecular weight is 307 g/mol. The fourth-order valence-electron chi connectivity index (χ4n) is 1.88. The molecule has 0 saturated carbocycles. The van der Waals surface area contributed by atoms with Gasteiger partial charge in [0.2, 0.25) is 11.7 Å². The van der Waals surface area contributed by atoms with Crippen molar-refractivity contribution >= 4 is 11.3 Å². The van der Waals surface area contributed by atoms with Crippen molar-refractivity contribution in [1.82, 2.24) is 25.6 Å². The predicted octanol–water partition coefficient (Wildman–Crippen LogP) is 2.45. The van der Waals surface area contributed by atoms with Gasteiger partial charge in [0.15, 0.2) is 0 Å². The summed E-state index contributed by atoms with van der Waals surface area (Å²) in [5, 5.41) is 25.4. The molecule has 0 fully saturated rings. The SMILES string of the molecule is Cc1nc(-c2ccc(NC=C(C#N)c3nn[nH]n3)cc2)oc1C. The third-order valence-corrected chi connectivity index (χ3v) is 3.25. The summed E-state index contributed by atoms with van der Waals surface area (Å²) in [6.45, 7) is 3.79. The van der Waals surface area contributed by atoms with E-state index in [1.807, 2.05) is 44.2 Å². The Balaban J connectivity index is 1.76. The number of aryl methyl sites for hydroxylation is 2. The molecule has 8 heteroatoms. The molecule has 0 radical (unpaired) electrons. The molecule has 2 aromatic heterocycles. The van der Waals surface area contributed by atoms with Crippen LogP contribution < -0.4 is 5.32 Å². The molecule has 0 aliphatic rings. The second kappa shape index (κ2) is 6.11. The molecular formula is C15H13N7O. The summed E-state index contributed by atoms with van der Waals surface area (Å²) in [5.41, 5.74) is 2.85. The largest absolute Gasteiger partial charge is 0.441 e. The number of H-pyrrole nitrogens is 1. The second-order valence-electron chi connectivity index (χ2n) is 4.79. The van der Waals surface area contributed by atoms with Gasteiger partial charge in [-0.15, -0.1) is 10.2 Å². The van der Waals surface area contributed by atoms with Gasteiger partial charge in [0.05, 0.1) is 5.69 Å². The number of oxazole rings is 1. The monoisotopic (exact) mass is 307 g/mol. The Labute approximate surface area is 131 Å². The summed E-state index contributed by atoms with van der Waals surface area (Å²) in [4.78, 5) is 4.36. The molecule has 0 unspecified atom stereocenters. The van der Waals surface area contributed by atoms with Crippen LogP contribution in [0.15, 0.2) is 34.9 Å². The molecule has 23 heavy (non-hydrogen) atoms. The summed E-state index contributed by atoms with van der Waals surface area (Å²) in [7, 11) is 0.